The molecule has 6 heteroatoms. The number of rotatable bonds is 4. The molecule has 19 heavy (non-hydrogen) atoms. The number of hydrogen-bond donors (Lipinski definition) is 0. The maximum absolute atomic E-state index is 12.2. The van der Waals surface area contributed by atoms with E-state index in [9.17, 15) is 9.59 Å². The lowest BCUT2D eigenvalue weighted by atomic mass is 10.1. The van der Waals surface area contributed by atoms with Crippen LogP contribution in [0.1, 0.15) is 41.0 Å². The van der Waals surface area contributed by atoms with Crippen molar-refractivity contribution in [2.75, 3.05) is 0 Å². The minimum Gasteiger partial charge on any atom is -0.271 e. The third-order valence-electron chi connectivity index (χ3n) is 3.20. The van der Waals surface area contributed by atoms with Gasteiger partial charge in [0.2, 0.25) is 0 Å². The van der Waals surface area contributed by atoms with Crippen LogP contribution in [0.15, 0.2) is 29.4 Å². The molecule has 1 aliphatic rings. The number of hydrogen-bond acceptors (Lipinski definition) is 3. The second-order valence-corrected chi connectivity index (χ2v) is 4.66. The van der Waals surface area contributed by atoms with Crippen molar-refractivity contribution in [3.8, 4) is 0 Å². The summed E-state index contributed by atoms with van der Waals surface area (Å²) in [5.41, 5.74) is 9.25. The van der Waals surface area contributed by atoms with Crippen LogP contribution in [0, 0.1) is 0 Å². The molecule has 2 amide bonds. The summed E-state index contributed by atoms with van der Waals surface area (Å²) in [4.78, 5) is 28.4. The van der Waals surface area contributed by atoms with Gasteiger partial charge in [-0.3, -0.25) is 14.5 Å². The highest BCUT2D eigenvalue weighted by atomic mass is 16.2. The van der Waals surface area contributed by atoms with Gasteiger partial charge in [0.25, 0.3) is 11.8 Å². The Hall–Kier alpha value is -2.33. The number of amides is 2. The van der Waals surface area contributed by atoms with Crippen LogP contribution >= 0.6 is 0 Å². The van der Waals surface area contributed by atoms with Crippen LogP contribution in [-0.2, 0) is 0 Å². The Bertz CT molecular complexity index is 543. The summed E-state index contributed by atoms with van der Waals surface area (Å²) in [5.74, 6) is -0.553. The van der Waals surface area contributed by atoms with Crippen LogP contribution in [0.4, 0.5) is 0 Å². The first-order valence-corrected chi connectivity index (χ1v) is 6.07. The molecular weight excluding hydrogens is 244 g/mol. The van der Waals surface area contributed by atoms with E-state index in [2.05, 4.69) is 10.0 Å². The predicted octanol–water partition coefficient (Wildman–Crippen LogP) is 2.76. The highest BCUT2D eigenvalue weighted by Gasteiger charge is 2.38. The molecule has 1 aliphatic heterocycles. The summed E-state index contributed by atoms with van der Waals surface area (Å²) in [6.45, 7) is 3.54. The monoisotopic (exact) mass is 258 g/mol. The fourth-order valence-electron chi connectivity index (χ4n) is 2.34. The van der Waals surface area contributed by atoms with Gasteiger partial charge in [0.15, 0.2) is 0 Å². The van der Waals surface area contributed by atoms with Crippen LogP contribution in [0.5, 0.6) is 0 Å². The van der Waals surface area contributed by atoms with Crippen molar-refractivity contribution >= 4 is 11.8 Å². The molecule has 0 saturated heterocycles. The van der Waals surface area contributed by atoms with E-state index >= 15 is 0 Å². The van der Waals surface area contributed by atoms with E-state index in [0.29, 0.717) is 17.5 Å². The Kier molecular flexibility index (Phi) is 3.53. The van der Waals surface area contributed by atoms with Gasteiger partial charge in [-0.15, -0.1) is 0 Å². The van der Waals surface area contributed by atoms with E-state index in [-0.39, 0.29) is 23.9 Å². The number of imide groups is 1. The van der Waals surface area contributed by atoms with Gasteiger partial charge in [-0.2, -0.15) is 0 Å². The van der Waals surface area contributed by atoms with Gasteiger partial charge in [0, 0.05) is 17.0 Å². The molecule has 6 nitrogen and oxygen atoms in total. The minimum atomic E-state index is -0.298. The third kappa shape index (κ3) is 2.30. The first-order valence-electron chi connectivity index (χ1n) is 6.07. The third-order valence-corrected chi connectivity index (χ3v) is 3.20. The average Bonchev–Trinajstić information content (AvgIpc) is 2.63. The molecule has 98 valence electrons. The standard InChI is InChI=1S/C13H14N4O2/c1-8(15-16-14)7-9(2)17-12(18)10-5-3-4-6-11(10)13(17)19/h3-6,8-9H,7H2,1-2H3/t8-,9-/m0/s1. The molecule has 0 unspecified atom stereocenters. The molecule has 0 radical (unpaired) electrons. The van der Waals surface area contributed by atoms with E-state index < -0.39 is 0 Å². The van der Waals surface area contributed by atoms with Gasteiger partial charge in [-0.25, -0.2) is 0 Å². The molecule has 1 aromatic carbocycles. The molecule has 0 saturated carbocycles. The highest BCUT2D eigenvalue weighted by Crippen LogP contribution is 2.26. The van der Waals surface area contributed by atoms with Crippen LogP contribution in [0.3, 0.4) is 0 Å². The van der Waals surface area contributed by atoms with E-state index in [1.54, 1.807) is 38.1 Å². The maximum Gasteiger partial charge on any atom is 0.261 e. The normalized spacial score (nSPS) is 16.8. The molecule has 2 rings (SSSR count). The van der Waals surface area contributed by atoms with Gasteiger partial charge >= 0.3 is 0 Å². The van der Waals surface area contributed by atoms with Crippen molar-refractivity contribution in [2.45, 2.75) is 32.4 Å². The summed E-state index contributed by atoms with van der Waals surface area (Å²) < 4.78 is 0. The van der Waals surface area contributed by atoms with Crippen molar-refractivity contribution in [1.29, 1.82) is 0 Å². The van der Waals surface area contributed by atoms with Gasteiger partial charge in [-0.05, 0) is 31.0 Å². The molecule has 0 N–H and O–H groups in total. The van der Waals surface area contributed by atoms with Crippen LogP contribution in [0.2, 0.25) is 0 Å². The molecule has 0 spiro atoms. The molecule has 0 aromatic heterocycles. The average molecular weight is 258 g/mol. The summed E-state index contributed by atoms with van der Waals surface area (Å²) in [6, 6.07) is 6.22. The van der Waals surface area contributed by atoms with E-state index in [1.165, 1.54) is 4.90 Å². The van der Waals surface area contributed by atoms with Crippen LogP contribution in [-0.4, -0.2) is 28.8 Å². The zero-order valence-electron chi connectivity index (χ0n) is 10.8. The Morgan fingerprint density at radius 2 is 1.74 bits per heavy atom. The Morgan fingerprint density at radius 3 is 2.21 bits per heavy atom. The fourth-order valence-corrected chi connectivity index (χ4v) is 2.34. The Morgan fingerprint density at radius 1 is 1.21 bits per heavy atom. The number of carbonyl (C=O) groups is 2. The van der Waals surface area contributed by atoms with E-state index in [1.807, 2.05) is 0 Å². The smallest absolute Gasteiger partial charge is 0.261 e. The van der Waals surface area contributed by atoms with Gasteiger partial charge in [-0.1, -0.05) is 24.2 Å². The Balaban J connectivity index is 2.22. The number of fused-ring (bicyclic) bond motifs is 1. The molecule has 1 aromatic rings. The lowest BCUT2D eigenvalue weighted by molar-refractivity contribution is 0.0586. The minimum absolute atomic E-state index is 0.260. The lowest BCUT2D eigenvalue weighted by Gasteiger charge is -2.23. The van der Waals surface area contributed by atoms with Gasteiger partial charge < -0.3 is 0 Å². The van der Waals surface area contributed by atoms with Crippen molar-refractivity contribution in [2.24, 2.45) is 5.11 Å². The van der Waals surface area contributed by atoms with Crippen LogP contribution in [0.25, 0.3) is 10.4 Å². The number of carbonyl (C=O) groups excluding carboxylic acids is 2. The van der Waals surface area contributed by atoms with Gasteiger partial charge in [0.1, 0.15) is 0 Å². The summed E-state index contributed by atoms with van der Waals surface area (Å²) in [5, 5.41) is 3.57. The molecule has 0 aliphatic carbocycles. The molecule has 1 heterocycles. The quantitative estimate of drug-likeness (QED) is 0.360. The second-order valence-electron chi connectivity index (χ2n) is 4.66. The summed E-state index contributed by atoms with van der Waals surface area (Å²) >= 11 is 0. The summed E-state index contributed by atoms with van der Waals surface area (Å²) in [7, 11) is 0. The van der Waals surface area contributed by atoms with Crippen molar-refractivity contribution < 1.29 is 9.59 Å². The zero-order valence-corrected chi connectivity index (χ0v) is 10.8. The van der Waals surface area contributed by atoms with Crippen LogP contribution < -0.4 is 0 Å². The first kappa shape index (κ1) is 13.1. The first-order chi connectivity index (χ1) is 9.06. The number of benzene rings is 1. The zero-order chi connectivity index (χ0) is 14.0. The summed E-state index contributed by atoms with van der Waals surface area (Å²) in [6.07, 6.45) is 0.454. The predicted molar refractivity (Wildman–Crippen MR) is 69.6 cm³/mol. The fraction of sp³-hybridized carbons (Fsp3) is 0.385. The molecule has 0 bridgehead atoms. The molecular formula is C13H14N4O2. The van der Waals surface area contributed by atoms with E-state index in [0.717, 1.165) is 0 Å². The topological polar surface area (TPSA) is 86.1 Å². The largest absolute Gasteiger partial charge is 0.271 e. The van der Waals surface area contributed by atoms with E-state index in [4.69, 9.17) is 5.53 Å². The maximum atomic E-state index is 12.2. The molecule has 0 fully saturated rings. The highest BCUT2D eigenvalue weighted by molar-refractivity contribution is 6.21. The lowest BCUT2D eigenvalue weighted by Crippen LogP contribution is -2.39. The Labute approximate surface area is 110 Å². The molecule has 2 atom stereocenters. The second kappa shape index (κ2) is 5.12. The van der Waals surface area contributed by atoms with Gasteiger partial charge in [0.05, 0.1) is 11.1 Å². The number of nitrogens with zero attached hydrogens (tertiary/aromatic N) is 4. The SMILES string of the molecule is C[C@@H](C[C@H](C)N1C(=O)c2ccccc2C1=O)N=[N+]=[N-]. The van der Waals surface area contributed by atoms with Crippen molar-refractivity contribution in [3.63, 3.8) is 0 Å². The van der Waals surface area contributed by atoms with Crippen molar-refractivity contribution in [3.05, 3.63) is 45.8 Å². The number of azide groups is 1. The van der Waals surface area contributed by atoms with Crippen molar-refractivity contribution in [1.82, 2.24) is 4.90 Å².